The van der Waals surface area contributed by atoms with E-state index in [1.807, 2.05) is 31.3 Å². The third-order valence-electron chi connectivity index (χ3n) is 5.42. The average Bonchev–Trinajstić information content (AvgIpc) is 3.02. The minimum Gasteiger partial charge on any atom is -0.340 e. The molecular weight excluding hydrogens is 346 g/mol. The Morgan fingerprint density at radius 3 is 2.89 bits per heavy atom. The van der Waals surface area contributed by atoms with Crippen molar-refractivity contribution in [2.45, 2.75) is 25.2 Å². The van der Waals surface area contributed by atoms with E-state index in [4.69, 9.17) is 4.98 Å². The van der Waals surface area contributed by atoms with Crippen molar-refractivity contribution in [2.75, 3.05) is 26.2 Å². The second kappa shape index (κ2) is 7.02. The van der Waals surface area contributed by atoms with Gasteiger partial charge < -0.3 is 14.8 Å². The van der Waals surface area contributed by atoms with Gasteiger partial charge >= 0.3 is 6.03 Å². The Morgan fingerprint density at radius 1 is 1.30 bits per heavy atom. The number of rotatable bonds is 3. The monoisotopic (exact) mass is 369 g/mol. The Hall–Kier alpha value is -2.90. The van der Waals surface area contributed by atoms with E-state index in [0.29, 0.717) is 19.6 Å². The Morgan fingerprint density at radius 2 is 2.11 bits per heavy atom. The van der Waals surface area contributed by atoms with Crippen LogP contribution < -0.4 is 5.32 Å². The maximum Gasteiger partial charge on any atom is 0.324 e. The number of likely N-dealkylation sites (tertiary alicyclic amines) is 1. The van der Waals surface area contributed by atoms with Crippen LogP contribution >= 0.6 is 0 Å². The number of benzene rings is 1. The summed E-state index contributed by atoms with van der Waals surface area (Å²) >= 11 is 0. The third-order valence-corrected chi connectivity index (χ3v) is 5.42. The Bertz CT molecular complexity index is 890. The fourth-order valence-electron chi connectivity index (χ4n) is 3.96. The van der Waals surface area contributed by atoms with Gasteiger partial charge in [0.05, 0.1) is 11.0 Å². The molecule has 0 saturated carbocycles. The molecule has 0 unspecified atom stereocenters. The average molecular weight is 369 g/mol. The van der Waals surface area contributed by atoms with Gasteiger partial charge in [-0.3, -0.25) is 14.5 Å². The lowest BCUT2D eigenvalue weighted by atomic mass is 9.97. The molecular formula is C19H23N5O3. The SMILES string of the molecule is Cn1c([C@H]2CCCN(C(=O)CN3C(=O)CCNC3=O)C2)nc2ccccc21. The maximum atomic E-state index is 12.7. The molecule has 3 heterocycles. The van der Waals surface area contributed by atoms with E-state index < -0.39 is 6.03 Å². The highest BCUT2D eigenvalue weighted by atomic mass is 16.2. The highest BCUT2D eigenvalue weighted by Crippen LogP contribution is 2.28. The predicted octanol–water partition coefficient (Wildman–Crippen LogP) is 1.22. The van der Waals surface area contributed by atoms with E-state index in [1.165, 1.54) is 0 Å². The van der Waals surface area contributed by atoms with Crippen molar-refractivity contribution < 1.29 is 14.4 Å². The van der Waals surface area contributed by atoms with Gasteiger partial charge in [-0.2, -0.15) is 0 Å². The number of nitrogens with zero attached hydrogens (tertiary/aromatic N) is 4. The van der Waals surface area contributed by atoms with Crippen LogP contribution in [0.25, 0.3) is 11.0 Å². The third kappa shape index (κ3) is 3.27. The number of imidazole rings is 1. The van der Waals surface area contributed by atoms with Gasteiger partial charge in [0.2, 0.25) is 11.8 Å². The number of piperidine rings is 1. The second-order valence-electron chi connectivity index (χ2n) is 7.16. The summed E-state index contributed by atoms with van der Waals surface area (Å²) in [6.45, 7) is 1.34. The summed E-state index contributed by atoms with van der Waals surface area (Å²) in [7, 11) is 2.00. The molecule has 1 atom stereocenters. The summed E-state index contributed by atoms with van der Waals surface area (Å²) in [6.07, 6.45) is 2.07. The molecule has 4 rings (SSSR count). The molecule has 2 aromatic rings. The minimum absolute atomic E-state index is 0.144. The molecule has 0 spiro atoms. The summed E-state index contributed by atoms with van der Waals surface area (Å²) in [5.41, 5.74) is 2.03. The summed E-state index contributed by atoms with van der Waals surface area (Å²) in [5.74, 6) is 0.631. The Kier molecular flexibility index (Phi) is 4.55. The standard InChI is InChI=1S/C19H23N5O3/c1-22-15-7-3-2-6-14(15)21-18(22)13-5-4-10-23(11-13)17(26)12-24-16(25)8-9-20-19(24)27/h2-3,6-7,13H,4-5,8-12H2,1H3,(H,20,27)/t13-/m0/s1. The van der Waals surface area contributed by atoms with Crippen molar-refractivity contribution in [2.24, 2.45) is 7.05 Å². The number of amides is 4. The number of imide groups is 1. The van der Waals surface area contributed by atoms with Crippen molar-refractivity contribution >= 4 is 28.9 Å². The number of aryl methyl sites for hydroxylation is 1. The zero-order chi connectivity index (χ0) is 19.0. The van der Waals surface area contributed by atoms with Crippen LogP contribution in [0.15, 0.2) is 24.3 Å². The van der Waals surface area contributed by atoms with E-state index in [1.54, 1.807) is 4.90 Å². The van der Waals surface area contributed by atoms with Crippen LogP contribution in [0.2, 0.25) is 0 Å². The fourth-order valence-corrected chi connectivity index (χ4v) is 3.96. The quantitative estimate of drug-likeness (QED) is 0.881. The van der Waals surface area contributed by atoms with Crippen LogP contribution in [0.1, 0.15) is 31.0 Å². The second-order valence-corrected chi connectivity index (χ2v) is 7.16. The molecule has 4 amide bonds. The zero-order valence-corrected chi connectivity index (χ0v) is 15.4. The van der Waals surface area contributed by atoms with Crippen LogP contribution in [0.3, 0.4) is 0 Å². The highest BCUT2D eigenvalue weighted by molar-refractivity contribution is 6.00. The first kappa shape index (κ1) is 17.5. The Labute approximate surface area is 157 Å². The van der Waals surface area contributed by atoms with Crippen molar-refractivity contribution in [3.8, 4) is 0 Å². The van der Waals surface area contributed by atoms with Gasteiger partial charge in [0, 0.05) is 39.0 Å². The number of hydrogen-bond donors (Lipinski definition) is 1. The molecule has 1 N–H and O–H groups in total. The topological polar surface area (TPSA) is 87.5 Å². The molecule has 8 nitrogen and oxygen atoms in total. The number of para-hydroxylation sites is 2. The molecule has 1 aromatic carbocycles. The van der Waals surface area contributed by atoms with E-state index >= 15 is 0 Å². The van der Waals surface area contributed by atoms with Crippen LogP contribution in [0.5, 0.6) is 0 Å². The highest BCUT2D eigenvalue weighted by Gasteiger charge is 2.32. The van der Waals surface area contributed by atoms with Crippen molar-refractivity contribution in [1.82, 2.24) is 24.7 Å². The molecule has 0 bridgehead atoms. The largest absolute Gasteiger partial charge is 0.340 e. The van der Waals surface area contributed by atoms with Crippen molar-refractivity contribution in [3.63, 3.8) is 0 Å². The smallest absolute Gasteiger partial charge is 0.324 e. The van der Waals surface area contributed by atoms with Gasteiger partial charge in [-0.05, 0) is 25.0 Å². The molecule has 1 aromatic heterocycles. The van der Waals surface area contributed by atoms with Crippen LogP contribution in [-0.4, -0.2) is 63.4 Å². The predicted molar refractivity (Wildman–Crippen MR) is 99.0 cm³/mol. The lowest BCUT2D eigenvalue weighted by molar-refractivity contribution is -0.139. The van der Waals surface area contributed by atoms with Gasteiger partial charge in [-0.25, -0.2) is 9.78 Å². The van der Waals surface area contributed by atoms with Crippen LogP contribution in [0, 0.1) is 0 Å². The number of urea groups is 1. The molecule has 2 aliphatic heterocycles. The molecule has 8 heteroatoms. The van der Waals surface area contributed by atoms with Gasteiger partial charge in [-0.1, -0.05) is 12.1 Å². The van der Waals surface area contributed by atoms with E-state index in [0.717, 1.165) is 34.6 Å². The first-order valence-corrected chi connectivity index (χ1v) is 9.32. The molecule has 27 heavy (non-hydrogen) atoms. The summed E-state index contributed by atoms with van der Waals surface area (Å²) < 4.78 is 2.09. The molecule has 142 valence electrons. The van der Waals surface area contributed by atoms with Gasteiger partial charge in [0.1, 0.15) is 12.4 Å². The normalized spacial score (nSPS) is 20.9. The van der Waals surface area contributed by atoms with E-state index in [9.17, 15) is 14.4 Å². The summed E-state index contributed by atoms with van der Waals surface area (Å²) in [6, 6.07) is 7.51. The lowest BCUT2D eigenvalue weighted by Crippen LogP contribution is -2.54. The van der Waals surface area contributed by atoms with Crippen LogP contribution in [-0.2, 0) is 16.6 Å². The van der Waals surface area contributed by atoms with E-state index in [-0.39, 0.29) is 30.7 Å². The number of carbonyl (C=O) groups excluding carboxylic acids is 3. The van der Waals surface area contributed by atoms with E-state index in [2.05, 4.69) is 9.88 Å². The summed E-state index contributed by atoms with van der Waals surface area (Å²) in [5, 5.41) is 2.61. The van der Waals surface area contributed by atoms with Crippen molar-refractivity contribution in [1.29, 1.82) is 0 Å². The maximum absolute atomic E-state index is 12.7. The fraction of sp³-hybridized carbons (Fsp3) is 0.474. The molecule has 2 saturated heterocycles. The van der Waals surface area contributed by atoms with Crippen LogP contribution in [0.4, 0.5) is 4.79 Å². The first-order chi connectivity index (χ1) is 13.0. The summed E-state index contributed by atoms with van der Waals surface area (Å²) in [4.78, 5) is 44.0. The number of hydrogen-bond acceptors (Lipinski definition) is 4. The number of aromatic nitrogens is 2. The van der Waals surface area contributed by atoms with Gasteiger partial charge in [0.15, 0.2) is 0 Å². The minimum atomic E-state index is -0.483. The van der Waals surface area contributed by atoms with Crippen molar-refractivity contribution in [3.05, 3.63) is 30.1 Å². The molecule has 0 radical (unpaired) electrons. The molecule has 2 fully saturated rings. The number of fused-ring (bicyclic) bond motifs is 1. The number of nitrogens with one attached hydrogen (secondary N) is 1. The van der Waals surface area contributed by atoms with Gasteiger partial charge in [-0.15, -0.1) is 0 Å². The first-order valence-electron chi connectivity index (χ1n) is 9.32. The zero-order valence-electron chi connectivity index (χ0n) is 15.4. The Balaban J connectivity index is 1.49. The van der Waals surface area contributed by atoms with Gasteiger partial charge in [0.25, 0.3) is 0 Å². The number of carbonyl (C=O) groups is 3. The molecule has 2 aliphatic rings. The molecule has 0 aliphatic carbocycles. The lowest BCUT2D eigenvalue weighted by Gasteiger charge is -2.34.